The summed E-state index contributed by atoms with van der Waals surface area (Å²) in [5.74, 6) is -2.37. The molecule has 0 saturated carbocycles. The first-order chi connectivity index (χ1) is 9.51. The molecule has 106 valence electrons. The van der Waals surface area contributed by atoms with Gasteiger partial charge in [0.15, 0.2) is 6.61 Å². The zero-order valence-corrected chi connectivity index (χ0v) is 10.6. The predicted molar refractivity (Wildman–Crippen MR) is 65.9 cm³/mol. The molecule has 20 heavy (non-hydrogen) atoms. The molecule has 7 nitrogen and oxygen atoms in total. The van der Waals surface area contributed by atoms with Crippen molar-refractivity contribution in [2.45, 2.75) is 0 Å². The van der Waals surface area contributed by atoms with Crippen LogP contribution in [0.5, 0.6) is 11.5 Å². The highest BCUT2D eigenvalue weighted by atomic mass is 16.6. The van der Waals surface area contributed by atoms with Gasteiger partial charge in [-0.2, -0.15) is 0 Å². The molecule has 0 bridgehead atoms. The Kier molecular flexibility index (Phi) is 5.76. The minimum Gasteiger partial charge on any atom is -0.508 e. The van der Waals surface area contributed by atoms with Gasteiger partial charge in [-0.05, 0) is 12.1 Å². The van der Waals surface area contributed by atoms with Crippen LogP contribution >= 0.6 is 0 Å². The molecule has 1 aromatic rings. The maximum Gasteiger partial charge on any atom is 0.349 e. The highest BCUT2D eigenvalue weighted by Gasteiger charge is 2.08. The van der Waals surface area contributed by atoms with Gasteiger partial charge in [0.1, 0.15) is 11.5 Å². The van der Waals surface area contributed by atoms with Gasteiger partial charge in [0.05, 0.1) is 7.11 Å². The lowest BCUT2D eigenvalue weighted by atomic mass is 10.3. The summed E-state index contributed by atoms with van der Waals surface area (Å²) in [4.78, 5) is 33.1. The molecule has 0 aliphatic carbocycles. The molecule has 0 atom stereocenters. The zero-order chi connectivity index (χ0) is 15.0. The van der Waals surface area contributed by atoms with E-state index in [-0.39, 0.29) is 11.5 Å². The van der Waals surface area contributed by atoms with Crippen LogP contribution in [0.15, 0.2) is 36.4 Å². The zero-order valence-electron chi connectivity index (χ0n) is 10.6. The number of carbonyl (C=O) groups excluding carboxylic acids is 3. The fourth-order valence-corrected chi connectivity index (χ4v) is 1.09. The van der Waals surface area contributed by atoms with E-state index in [0.717, 1.165) is 19.3 Å². The van der Waals surface area contributed by atoms with Crippen LogP contribution in [0.3, 0.4) is 0 Å². The van der Waals surface area contributed by atoms with Crippen LogP contribution in [0.2, 0.25) is 0 Å². The Morgan fingerprint density at radius 2 is 1.90 bits per heavy atom. The lowest BCUT2D eigenvalue weighted by molar-refractivity contribution is -0.150. The predicted octanol–water partition coefficient (Wildman–Crippen LogP) is 0.570. The molecular formula is C13H12O7. The molecule has 0 spiro atoms. The molecule has 1 N–H and O–H groups in total. The fourth-order valence-electron chi connectivity index (χ4n) is 1.09. The number of rotatable bonds is 5. The number of phenolic OH excluding ortho intramolecular Hbond substituents is 1. The van der Waals surface area contributed by atoms with Crippen molar-refractivity contribution in [3.63, 3.8) is 0 Å². The minimum atomic E-state index is -0.886. The van der Waals surface area contributed by atoms with E-state index >= 15 is 0 Å². The van der Waals surface area contributed by atoms with E-state index in [2.05, 4.69) is 9.47 Å². The topological polar surface area (TPSA) is 99.1 Å². The smallest absolute Gasteiger partial charge is 0.349 e. The van der Waals surface area contributed by atoms with E-state index in [1.165, 1.54) is 24.3 Å². The van der Waals surface area contributed by atoms with Crippen molar-refractivity contribution in [1.29, 1.82) is 0 Å². The average molecular weight is 280 g/mol. The van der Waals surface area contributed by atoms with E-state index in [9.17, 15) is 14.4 Å². The molecule has 1 aromatic carbocycles. The molecule has 0 saturated heterocycles. The highest BCUT2D eigenvalue weighted by Crippen LogP contribution is 2.17. The third kappa shape index (κ3) is 5.67. The number of phenols is 1. The first kappa shape index (κ1) is 15.2. The van der Waals surface area contributed by atoms with E-state index < -0.39 is 24.5 Å². The minimum absolute atomic E-state index is 0.0618. The summed E-state index contributed by atoms with van der Waals surface area (Å²) in [7, 11) is 1.16. The summed E-state index contributed by atoms with van der Waals surface area (Å²) in [6.45, 7) is -0.625. The van der Waals surface area contributed by atoms with Gasteiger partial charge in [0, 0.05) is 18.2 Å². The number of ether oxygens (including phenoxy) is 3. The molecular weight excluding hydrogens is 268 g/mol. The Bertz CT molecular complexity index is 533. The Balaban J connectivity index is 2.38. The molecule has 0 amide bonds. The first-order valence-corrected chi connectivity index (χ1v) is 5.44. The van der Waals surface area contributed by atoms with Crippen molar-refractivity contribution in [2.24, 2.45) is 0 Å². The number of hydrogen-bond acceptors (Lipinski definition) is 7. The second-order valence-corrected chi connectivity index (χ2v) is 3.44. The standard InChI is InChI=1S/C13H12O7/c1-18-11(15)5-6-12(16)19-8-13(17)20-10-4-2-3-9(14)7-10/h2-7,14H,8H2,1H3. The number of aromatic hydroxyl groups is 1. The molecule has 0 aliphatic heterocycles. The third-order valence-corrected chi connectivity index (χ3v) is 1.94. The molecule has 0 aromatic heterocycles. The maximum atomic E-state index is 11.3. The van der Waals surface area contributed by atoms with Crippen LogP contribution in [0.25, 0.3) is 0 Å². The summed E-state index contributed by atoms with van der Waals surface area (Å²) >= 11 is 0. The summed E-state index contributed by atoms with van der Waals surface area (Å²) in [5.41, 5.74) is 0. The number of carbonyl (C=O) groups is 3. The van der Waals surface area contributed by atoms with Crippen molar-refractivity contribution in [3.05, 3.63) is 36.4 Å². The monoisotopic (exact) mass is 280 g/mol. The van der Waals surface area contributed by atoms with Crippen LogP contribution in [-0.4, -0.2) is 36.7 Å². The molecule has 7 heteroatoms. The second-order valence-electron chi connectivity index (χ2n) is 3.44. The van der Waals surface area contributed by atoms with E-state index in [4.69, 9.17) is 9.84 Å². The number of methoxy groups -OCH3 is 1. The normalized spacial score (nSPS) is 10.1. The Hall–Kier alpha value is -2.83. The van der Waals surface area contributed by atoms with Crippen molar-refractivity contribution in [2.75, 3.05) is 13.7 Å². The average Bonchev–Trinajstić information content (AvgIpc) is 2.42. The van der Waals surface area contributed by atoms with Crippen molar-refractivity contribution in [3.8, 4) is 11.5 Å². The van der Waals surface area contributed by atoms with Gasteiger partial charge in [0.25, 0.3) is 0 Å². The van der Waals surface area contributed by atoms with Crippen LogP contribution < -0.4 is 4.74 Å². The van der Waals surface area contributed by atoms with E-state index in [0.29, 0.717) is 0 Å². The maximum absolute atomic E-state index is 11.3. The highest BCUT2D eigenvalue weighted by molar-refractivity contribution is 5.92. The second kappa shape index (κ2) is 7.57. The fraction of sp³-hybridized carbons (Fsp3) is 0.154. The lowest BCUT2D eigenvalue weighted by Crippen LogP contribution is -2.18. The lowest BCUT2D eigenvalue weighted by Gasteiger charge is -2.04. The van der Waals surface area contributed by atoms with E-state index in [1.54, 1.807) is 0 Å². The molecule has 1 rings (SSSR count). The molecule has 0 heterocycles. The van der Waals surface area contributed by atoms with Crippen LogP contribution in [-0.2, 0) is 23.9 Å². The van der Waals surface area contributed by atoms with Crippen LogP contribution in [0.4, 0.5) is 0 Å². The van der Waals surface area contributed by atoms with Gasteiger partial charge in [-0.25, -0.2) is 14.4 Å². The first-order valence-electron chi connectivity index (χ1n) is 5.44. The van der Waals surface area contributed by atoms with Gasteiger partial charge in [-0.1, -0.05) is 6.07 Å². The van der Waals surface area contributed by atoms with Crippen LogP contribution in [0.1, 0.15) is 0 Å². The number of esters is 3. The SMILES string of the molecule is COC(=O)C=CC(=O)OCC(=O)Oc1cccc(O)c1. The summed E-state index contributed by atoms with van der Waals surface area (Å²) in [5, 5.41) is 9.16. The summed E-state index contributed by atoms with van der Waals surface area (Å²) < 4.78 is 13.6. The molecule has 0 aliphatic rings. The Morgan fingerprint density at radius 1 is 1.20 bits per heavy atom. The van der Waals surface area contributed by atoms with Crippen molar-refractivity contribution in [1.82, 2.24) is 0 Å². The van der Waals surface area contributed by atoms with Gasteiger partial charge in [0.2, 0.25) is 0 Å². The van der Waals surface area contributed by atoms with Gasteiger partial charge in [-0.15, -0.1) is 0 Å². The molecule has 0 radical (unpaired) electrons. The molecule has 0 fully saturated rings. The van der Waals surface area contributed by atoms with Gasteiger partial charge in [-0.3, -0.25) is 0 Å². The van der Waals surface area contributed by atoms with Crippen molar-refractivity contribution < 1.29 is 33.7 Å². The summed E-state index contributed by atoms with van der Waals surface area (Å²) in [6, 6.07) is 5.59. The van der Waals surface area contributed by atoms with E-state index in [1.807, 2.05) is 0 Å². The quantitative estimate of drug-likeness (QED) is 0.478. The number of benzene rings is 1. The molecule has 0 unspecified atom stereocenters. The number of hydrogen-bond donors (Lipinski definition) is 1. The summed E-state index contributed by atoms with van der Waals surface area (Å²) in [6.07, 6.45) is 1.69. The Morgan fingerprint density at radius 3 is 2.55 bits per heavy atom. The van der Waals surface area contributed by atoms with Gasteiger partial charge >= 0.3 is 17.9 Å². The Labute approximate surface area is 114 Å². The van der Waals surface area contributed by atoms with Crippen molar-refractivity contribution >= 4 is 17.9 Å². The van der Waals surface area contributed by atoms with Gasteiger partial charge < -0.3 is 19.3 Å². The van der Waals surface area contributed by atoms with Crippen LogP contribution in [0, 0.1) is 0 Å². The third-order valence-electron chi connectivity index (χ3n) is 1.94. The largest absolute Gasteiger partial charge is 0.508 e.